The molecule has 0 aliphatic rings. The molecule has 0 spiro atoms. The normalized spacial score (nSPS) is 11.9. The van der Waals surface area contributed by atoms with Crippen LogP contribution in [0.1, 0.15) is 31.0 Å². The van der Waals surface area contributed by atoms with Gasteiger partial charge >= 0.3 is 0 Å². The van der Waals surface area contributed by atoms with Gasteiger partial charge in [-0.1, -0.05) is 49.4 Å². The van der Waals surface area contributed by atoms with Gasteiger partial charge in [0.2, 0.25) is 0 Å². The predicted molar refractivity (Wildman–Crippen MR) is 88.5 cm³/mol. The molecular formula is C19H22N2O. The Morgan fingerprint density at radius 1 is 1.05 bits per heavy atom. The third-order valence-electron chi connectivity index (χ3n) is 3.63. The van der Waals surface area contributed by atoms with Crippen molar-refractivity contribution < 1.29 is 4.74 Å². The maximum atomic E-state index is 9.61. The fourth-order valence-corrected chi connectivity index (χ4v) is 2.48. The smallest absolute Gasteiger partial charge is 0.124 e. The molecular weight excluding hydrogens is 272 g/mol. The first-order chi connectivity index (χ1) is 10.8. The summed E-state index contributed by atoms with van der Waals surface area (Å²) in [6.07, 6.45) is 0. The topological polar surface area (TPSA) is 36.3 Å². The highest BCUT2D eigenvalue weighted by Crippen LogP contribution is 2.24. The average molecular weight is 294 g/mol. The Hall–Kier alpha value is -2.31. The van der Waals surface area contributed by atoms with Crippen LogP contribution in [0.15, 0.2) is 54.6 Å². The summed E-state index contributed by atoms with van der Waals surface area (Å²) in [4.78, 5) is 2.17. The van der Waals surface area contributed by atoms with E-state index in [4.69, 9.17) is 4.74 Å². The van der Waals surface area contributed by atoms with Crippen molar-refractivity contribution in [2.75, 3.05) is 13.2 Å². The largest absolute Gasteiger partial charge is 0.494 e. The molecule has 0 N–H and O–H groups in total. The molecule has 2 rings (SSSR count). The maximum absolute atomic E-state index is 9.61. The van der Waals surface area contributed by atoms with Gasteiger partial charge in [0.15, 0.2) is 0 Å². The number of hydrogen-bond acceptors (Lipinski definition) is 3. The highest BCUT2D eigenvalue weighted by atomic mass is 16.5. The lowest BCUT2D eigenvalue weighted by Gasteiger charge is -2.26. The molecule has 0 heterocycles. The maximum Gasteiger partial charge on any atom is 0.124 e. The van der Waals surface area contributed by atoms with Crippen LogP contribution in [0.3, 0.4) is 0 Å². The van der Waals surface area contributed by atoms with Gasteiger partial charge in [0.05, 0.1) is 12.7 Å². The number of nitriles is 1. The van der Waals surface area contributed by atoms with Crippen molar-refractivity contribution in [3.63, 3.8) is 0 Å². The molecule has 0 bridgehead atoms. The molecule has 0 aromatic heterocycles. The lowest BCUT2D eigenvalue weighted by Crippen LogP contribution is -2.27. The number of benzene rings is 2. The number of nitrogens with zero attached hydrogens (tertiary/aromatic N) is 2. The minimum absolute atomic E-state index is 0.249. The van der Waals surface area contributed by atoms with E-state index in [1.807, 2.05) is 49.4 Å². The van der Waals surface area contributed by atoms with Crippen molar-refractivity contribution in [2.24, 2.45) is 0 Å². The molecule has 0 radical (unpaired) electrons. The molecule has 0 fully saturated rings. The lowest BCUT2D eigenvalue weighted by molar-refractivity contribution is 0.239. The molecule has 0 aliphatic heterocycles. The van der Waals surface area contributed by atoms with Gasteiger partial charge in [-0.05, 0) is 36.7 Å². The zero-order valence-electron chi connectivity index (χ0n) is 13.2. The first-order valence-corrected chi connectivity index (χ1v) is 7.68. The summed E-state index contributed by atoms with van der Waals surface area (Å²) in [6.45, 7) is 6.28. The van der Waals surface area contributed by atoms with Crippen molar-refractivity contribution >= 4 is 0 Å². The van der Waals surface area contributed by atoms with Crippen LogP contribution < -0.4 is 4.74 Å². The van der Waals surface area contributed by atoms with E-state index in [1.165, 1.54) is 5.56 Å². The summed E-state index contributed by atoms with van der Waals surface area (Å²) in [6, 6.07) is 20.2. The van der Waals surface area contributed by atoms with E-state index in [2.05, 4.69) is 30.0 Å². The zero-order valence-corrected chi connectivity index (χ0v) is 13.2. The molecule has 1 unspecified atom stereocenters. The van der Waals surface area contributed by atoms with Gasteiger partial charge in [0.1, 0.15) is 11.8 Å². The minimum atomic E-state index is -0.249. The van der Waals surface area contributed by atoms with Crippen LogP contribution in [0.2, 0.25) is 0 Å². The monoisotopic (exact) mass is 294 g/mol. The number of ether oxygens (including phenoxy) is 1. The summed E-state index contributed by atoms with van der Waals surface area (Å²) >= 11 is 0. The summed E-state index contributed by atoms with van der Waals surface area (Å²) in [5.74, 6) is 0.842. The Labute approximate surface area is 132 Å². The number of hydrogen-bond donors (Lipinski definition) is 0. The summed E-state index contributed by atoms with van der Waals surface area (Å²) in [5.41, 5.74) is 2.22. The van der Waals surface area contributed by atoms with Gasteiger partial charge in [-0.2, -0.15) is 5.26 Å². The lowest BCUT2D eigenvalue weighted by atomic mass is 10.1. The summed E-state index contributed by atoms with van der Waals surface area (Å²) < 4.78 is 5.46. The van der Waals surface area contributed by atoms with Crippen LogP contribution in [-0.2, 0) is 6.54 Å². The summed E-state index contributed by atoms with van der Waals surface area (Å²) in [7, 11) is 0. The second-order valence-electron chi connectivity index (χ2n) is 5.08. The molecule has 3 nitrogen and oxygen atoms in total. The molecule has 0 saturated heterocycles. The highest BCUT2D eigenvalue weighted by Gasteiger charge is 2.18. The quantitative estimate of drug-likeness (QED) is 0.769. The van der Waals surface area contributed by atoms with Gasteiger partial charge in [-0.15, -0.1) is 0 Å². The SMILES string of the molecule is CCOc1ccc(C(C#N)N(CC)Cc2ccccc2)cc1. The van der Waals surface area contributed by atoms with Crippen LogP contribution in [0.4, 0.5) is 0 Å². The molecule has 114 valence electrons. The number of rotatable bonds is 7. The van der Waals surface area contributed by atoms with Crippen molar-refractivity contribution in [1.29, 1.82) is 5.26 Å². The molecule has 1 atom stereocenters. The van der Waals surface area contributed by atoms with Crippen molar-refractivity contribution in [3.8, 4) is 11.8 Å². The highest BCUT2D eigenvalue weighted by molar-refractivity contribution is 5.32. The van der Waals surface area contributed by atoms with E-state index in [0.29, 0.717) is 6.61 Å². The van der Waals surface area contributed by atoms with Crippen molar-refractivity contribution in [1.82, 2.24) is 4.90 Å². The van der Waals surface area contributed by atoms with E-state index >= 15 is 0 Å². The van der Waals surface area contributed by atoms with Crippen molar-refractivity contribution in [2.45, 2.75) is 26.4 Å². The second kappa shape index (κ2) is 8.21. The first kappa shape index (κ1) is 16.1. The Morgan fingerprint density at radius 2 is 1.73 bits per heavy atom. The molecule has 0 saturated carbocycles. The van der Waals surface area contributed by atoms with Crippen LogP contribution >= 0.6 is 0 Å². The predicted octanol–water partition coefficient (Wildman–Crippen LogP) is 4.17. The van der Waals surface area contributed by atoms with E-state index in [0.717, 1.165) is 24.4 Å². The summed E-state index contributed by atoms with van der Waals surface area (Å²) in [5, 5.41) is 9.61. The molecule has 22 heavy (non-hydrogen) atoms. The van der Waals surface area contributed by atoms with E-state index < -0.39 is 0 Å². The fraction of sp³-hybridized carbons (Fsp3) is 0.316. The Bertz CT molecular complexity index is 602. The second-order valence-corrected chi connectivity index (χ2v) is 5.08. The fourth-order valence-electron chi connectivity index (χ4n) is 2.48. The Morgan fingerprint density at radius 3 is 2.27 bits per heavy atom. The van der Waals surface area contributed by atoms with E-state index in [-0.39, 0.29) is 6.04 Å². The van der Waals surface area contributed by atoms with Gasteiger partial charge in [-0.3, -0.25) is 4.90 Å². The Kier molecular flexibility index (Phi) is 6.00. The first-order valence-electron chi connectivity index (χ1n) is 7.68. The average Bonchev–Trinajstić information content (AvgIpc) is 2.57. The van der Waals surface area contributed by atoms with Crippen LogP contribution in [-0.4, -0.2) is 18.1 Å². The van der Waals surface area contributed by atoms with Gasteiger partial charge in [-0.25, -0.2) is 0 Å². The third-order valence-corrected chi connectivity index (χ3v) is 3.63. The molecule has 2 aromatic rings. The van der Waals surface area contributed by atoms with Gasteiger partial charge in [0.25, 0.3) is 0 Å². The van der Waals surface area contributed by atoms with Crippen LogP contribution in [0.5, 0.6) is 5.75 Å². The molecule has 0 aliphatic carbocycles. The van der Waals surface area contributed by atoms with Crippen molar-refractivity contribution in [3.05, 3.63) is 65.7 Å². The molecule has 2 aromatic carbocycles. The van der Waals surface area contributed by atoms with Crippen LogP contribution in [0.25, 0.3) is 0 Å². The standard InChI is InChI=1S/C19H22N2O/c1-3-21(15-16-8-6-5-7-9-16)19(14-20)17-10-12-18(13-11-17)22-4-2/h5-13,19H,3-4,15H2,1-2H3. The zero-order chi connectivity index (χ0) is 15.8. The third kappa shape index (κ3) is 4.09. The molecule has 3 heteroatoms. The molecule has 0 amide bonds. The minimum Gasteiger partial charge on any atom is -0.494 e. The van der Waals surface area contributed by atoms with E-state index in [1.54, 1.807) is 0 Å². The van der Waals surface area contributed by atoms with Gasteiger partial charge < -0.3 is 4.74 Å². The van der Waals surface area contributed by atoms with Gasteiger partial charge in [0, 0.05) is 6.54 Å². The van der Waals surface area contributed by atoms with Crippen LogP contribution in [0, 0.1) is 11.3 Å². The van der Waals surface area contributed by atoms with E-state index in [9.17, 15) is 5.26 Å². The Balaban J connectivity index is 2.16.